The molecule has 4 heterocycles. The summed E-state index contributed by atoms with van der Waals surface area (Å²) in [5.74, 6) is 0.0819. The molecule has 3 aromatic heterocycles. The average Bonchev–Trinajstić information content (AvgIpc) is 3.41. The SMILES string of the molecule is Cc1ccnc(NC(=O)C2CCN(C(=O)c3cc4c(C)nn(Cc5ccc(F)cc5)c4s3)CC2)c1. The van der Waals surface area contributed by atoms with Crippen LogP contribution in [0.3, 0.4) is 0 Å². The van der Waals surface area contributed by atoms with E-state index in [0.717, 1.165) is 27.0 Å². The zero-order valence-corrected chi connectivity index (χ0v) is 20.4. The van der Waals surface area contributed by atoms with E-state index in [2.05, 4.69) is 15.4 Å². The fourth-order valence-corrected chi connectivity index (χ4v) is 5.55. The minimum Gasteiger partial charge on any atom is -0.338 e. The highest BCUT2D eigenvalue weighted by Crippen LogP contribution is 2.31. The second kappa shape index (κ2) is 9.58. The molecule has 35 heavy (non-hydrogen) atoms. The molecule has 1 aliphatic heterocycles. The van der Waals surface area contributed by atoms with Gasteiger partial charge in [-0.15, -0.1) is 11.3 Å². The number of benzene rings is 1. The molecule has 1 aliphatic rings. The summed E-state index contributed by atoms with van der Waals surface area (Å²) < 4.78 is 15.1. The largest absolute Gasteiger partial charge is 0.338 e. The zero-order valence-electron chi connectivity index (χ0n) is 19.6. The average molecular weight is 492 g/mol. The van der Waals surface area contributed by atoms with Crippen LogP contribution >= 0.6 is 11.3 Å². The molecule has 1 aromatic carbocycles. The van der Waals surface area contributed by atoms with E-state index < -0.39 is 0 Å². The molecular formula is C26H26FN5O2S. The maximum absolute atomic E-state index is 13.2. The summed E-state index contributed by atoms with van der Waals surface area (Å²) in [6.07, 6.45) is 2.91. The van der Waals surface area contributed by atoms with Crippen LogP contribution in [0.25, 0.3) is 10.2 Å². The smallest absolute Gasteiger partial charge is 0.264 e. The highest BCUT2D eigenvalue weighted by molar-refractivity contribution is 7.20. The zero-order chi connectivity index (χ0) is 24.5. The van der Waals surface area contributed by atoms with Gasteiger partial charge in [-0.3, -0.25) is 14.3 Å². The van der Waals surface area contributed by atoms with E-state index in [-0.39, 0.29) is 23.5 Å². The van der Waals surface area contributed by atoms with E-state index in [0.29, 0.717) is 43.2 Å². The van der Waals surface area contributed by atoms with E-state index in [1.54, 1.807) is 18.3 Å². The van der Waals surface area contributed by atoms with Gasteiger partial charge in [0.05, 0.1) is 17.1 Å². The number of thiophene rings is 1. The Balaban J connectivity index is 1.24. The molecule has 1 saturated heterocycles. The van der Waals surface area contributed by atoms with Crippen LogP contribution in [0.5, 0.6) is 0 Å². The number of aromatic nitrogens is 3. The predicted octanol–water partition coefficient (Wildman–Crippen LogP) is 4.79. The van der Waals surface area contributed by atoms with Crippen LogP contribution in [-0.2, 0) is 11.3 Å². The number of halogens is 1. The first-order chi connectivity index (χ1) is 16.9. The first kappa shape index (κ1) is 23.2. The molecule has 1 fully saturated rings. The molecular weight excluding hydrogens is 465 g/mol. The van der Waals surface area contributed by atoms with Crippen molar-refractivity contribution in [1.29, 1.82) is 0 Å². The lowest BCUT2D eigenvalue weighted by molar-refractivity contribution is -0.121. The van der Waals surface area contributed by atoms with E-state index in [1.165, 1.54) is 23.5 Å². The lowest BCUT2D eigenvalue weighted by Crippen LogP contribution is -2.41. The van der Waals surface area contributed by atoms with Crippen molar-refractivity contribution in [3.63, 3.8) is 0 Å². The summed E-state index contributed by atoms with van der Waals surface area (Å²) in [5, 5.41) is 8.46. The monoisotopic (exact) mass is 491 g/mol. The van der Waals surface area contributed by atoms with Crippen molar-refractivity contribution in [1.82, 2.24) is 19.7 Å². The van der Waals surface area contributed by atoms with Crippen LogP contribution in [0.4, 0.5) is 10.2 Å². The van der Waals surface area contributed by atoms with Crippen molar-refractivity contribution < 1.29 is 14.0 Å². The summed E-state index contributed by atoms with van der Waals surface area (Å²) in [7, 11) is 0. The number of likely N-dealkylation sites (tertiary alicyclic amines) is 1. The van der Waals surface area contributed by atoms with Gasteiger partial charge in [-0.1, -0.05) is 12.1 Å². The second-order valence-electron chi connectivity index (χ2n) is 8.97. The summed E-state index contributed by atoms with van der Waals surface area (Å²) >= 11 is 1.43. The Morgan fingerprint density at radius 2 is 1.86 bits per heavy atom. The highest BCUT2D eigenvalue weighted by atomic mass is 32.1. The Bertz CT molecular complexity index is 1390. The lowest BCUT2D eigenvalue weighted by Gasteiger charge is -2.31. The molecule has 180 valence electrons. The summed E-state index contributed by atoms with van der Waals surface area (Å²) in [4.78, 5) is 33.5. The van der Waals surface area contributed by atoms with Gasteiger partial charge in [0, 0.05) is 30.6 Å². The highest BCUT2D eigenvalue weighted by Gasteiger charge is 2.29. The quantitative estimate of drug-likeness (QED) is 0.435. The number of hydrogen-bond donors (Lipinski definition) is 1. The molecule has 7 nitrogen and oxygen atoms in total. The van der Waals surface area contributed by atoms with Crippen molar-refractivity contribution in [3.05, 3.63) is 76.2 Å². The van der Waals surface area contributed by atoms with E-state index in [4.69, 9.17) is 0 Å². The second-order valence-corrected chi connectivity index (χ2v) is 10.0. The van der Waals surface area contributed by atoms with Gasteiger partial charge in [-0.2, -0.15) is 5.10 Å². The van der Waals surface area contributed by atoms with Crippen LogP contribution in [-0.4, -0.2) is 44.6 Å². The number of hydrogen-bond acceptors (Lipinski definition) is 5. The molecule has 0 unspecified atom stereocenters. The van der Waals surface area contributed by atoms with E-state index in [1.807, 2.05) is 41.6 Å². The maximum Gasteiger partial charge on any atom is 0.264 e. The molecule has 0 spiro atoms. The van der Waals surface area contributed by atoms with Crippen molar-refractivity contribution >= 4 is 39.2 Å². The standard InChI is InChI=1S/C26H26FN5O2S/c1-16-7-10-28-23(13-16)29-24(33)19-8-11-31(12-9-19)25(34)22-14-21-17(2)30-32(26(21)35-22)15-18-3-5-20(27)6-4-18/h3-7,10,13-14,19H,8-9,11-12,15H2,1-2H3,(H,28,29,33). The Hall–Kier alpha value is -3.59. The molecule has 0 saturated carbocycles. The molecule has 2 amide bonds. The number of anilines is 1. The molecule has 0 radical (unpaired) electrons. The number of fused-ring (bicyclic) bond motifs is 1. The Morgan fingerprint density at radius 1 is 1.11 bits per heavy atom. The van der Waals surface area contributed by atoms with Gasteiger partial charge in [0.1, 0.15) is 16.5 Å². The number of aryl methyl sites for hydroxylation is 2. The number of rotatable bonds is 5. The molecule has 0 atom stereocenters. The van der Waals surface area contributed by atoms with Crippen LogP contribution in [0, 0.1) is 25.6 Å². The number of nitrogens with one attached hydrogen (secondary N) is 1. The third-order valence-corrected chi connectivity index (χ3v) is 7.52. The van der Waals surface area contributed by atoms with Crippen LogP contribution in [0.1, 0.15) is 39.3 Å². The predicted molar refractivity (Wildman–Crippen MR) is 134 cm³/mol. The Kier molecular flexibility index (Phi) is 6.34. The van der Waals surface area contributed by atoms with Crippen molar-refractivity contribution in [2.75, 3.05) is 18.4 Å². The molecule has 9 heteroatoms. The lowest BCUT2D eigenvalue weighted by atomic mass is 9.95. The number of nitrogens with zero attached hydrogens (tertiary/aromatic N) is 4. The van der Waals surface area contributed by atoms with E-state index in [9.17, 15) is 14.0 Å². The van der Waals surface area contributed by atoms with Crippen LogP contribution in [0.2, 0.25) is 0 Å². The fraction of sp³-hybridized carbons (Fsp3) is 0.308. The van der Waals surface area contributed by atoms with Gasteiger partial charge < -0.3 is 10.2 Å². The number of carbonyl (C=O) groups is 2. The van der Waals surface area contributed by atoms with E-state index >= 15 is 0 Å². The molecule has 4 aromatic rings. The van der Waals surface area contributed by atoms with Gasteiger partial charge in [0.15, 0.2) is 0 Å². The van der Waals surface area contributed by atoms with Gasteiger partial charge >= 0.3 is 0 Å². The maximum atomic E-state index is 13.2. The summed E-state index contributed by atoms with van der Waals surface area (Å²) in [6, 6.07) is 12.0. The number of piperidine rings is 1. The first-order valence-electron chi connectivity index (χ1n) is 11.6. The van der Waals surface area contributed by atoms with Crippen LogP contribution in [0.15, 0.2) is 48.7 Å². The minimum absolute atomic E-state index is 0.0156. The number of carbonyl (C=O) groups excluding carboxylic acids is 2. The minimum atomic E-state index is -0.271. The fourth-order valence-electron chi connectivity index (χ4n) is 4.42. The van der Waals surface area contributed by atoms with Crippen molar-refractivity contribution in [3.8, 4) is 0 Å². The summed E-state index contributed by atoms with van der Waals surface area (Å²) in [6.45, 7) is 5.46. The third kappa shape index (κ3) is 4.95. The molecule has 0 aliphatic carbocycles. The molecule has 0 bridgehead atoms. The third-order valence-electron chi connectivity index (χ3n) is 6.38. The van der Waals surface area contributed by atoms with Gasteiger partial charge in [-0.25, -0.2) is 9.37 Å². The van der Waals surface area contributed by atoms with Crippen molar-refractivity contribution in [2.45, 2.75) is 33.2 Å². The van der Waals surface area contributed by atoms with Crippen molar-refractivity contribution in [2.24, 2.45) is 5.92 Å². The normalized spacial score (nSPS) is 14.4. The summed E-state index contributed by atoms with van der Waals surface area (Å²) in [5.41, 5.74) is 2.84. The number of pyridine rings is 1. The Morgan fingerprint density at radius 3 is 2.57 bits per heavy atom. The van der Waals surface area contributed by atoms with Gasteiger partial charge in [0.2, 0.25) is 5.91 Å². The Labute approximate surface area is 206 Å². The number of amides is 2. The van der Waals surface area contributed by atoms with Gasteiger partial charge in [-0.05, 0) is 68.1 Å². The first-order valence-corrected chi connectivity index (χ1v) is 12.4. The van der Waals surface area contributed by atoms with Gasteiger partial charge in [0.25, 0.3) is 5.91 Å². The molecule has 5 rings (SSSR count). The molecule has 1 N–H and O–H groups in total. The topological polar surface area (TPSA) is 80.1 Å². The van der Waals surface area contributed by atoms with Crippen LogP contribution < -0.4 is 5.32 Å².